The van der Waals surface area contributed by atoms with Gasteiger partial charge in [-0.05, 0) is 12.1 Å². The highest BCUT2D eigenvalue weighted by molar-refractivity contribution is 7.88. The minimum Gasteiger partial charge on any atom is -0.491 e. The largest absolute Gasteiger partial charge is 0.491 e. The molecule has 1 aromatic carbocycles. The van der Waals surface area contributed by atoms with E-state index in [2.05, 4.69) is 4.90 Å². The van der Waals surface area contributed by atoms with Crippen molar-refractivity contribution in [3.05, 3.63) is 30.3 Å². The van der Waals surface area contributed by atoms with Gasteiger partial charge in [0, 0.05) is 32.7 Å². The summed E-state index contributed by atoms with van der Waals surface area (Å²) in [5, 5.41) is 9.99. The number of benzene rings is 1. The van der Waals surface area contributed by atoms with E-state index in [1.165, 1.54) is 10.6 Å². The summed E-state index contributed by atoms with van der Waals surface area (Å²) in [4.78, 5) is 2.06. The molecule has 1 N–H and O–H groups in total. The van der Waals surface area contributed by atoms with Gasteiger partial charge in [-0.15, -0.1) is 0 Å². The maximum atomic E-state index is 11.4. The predicted octanol–water partition coefficient (Wildman–Crippen LogP) is 0.00350. The number of rotatable bonds is 6. The molecule has 6 nitrogen and oxygen atoms in total. The molecule has 1 saturated heterocycles. The predicted molar refractivity (Wildman–Crippen MR) is 80.8 cm³/mol. The van der Waals surface area contributed by atoms with Crippen molar-refractivity contribution >= 4 is 10.0 Å². The van der Waals surface area contributed by atoms with Gasteiger partial charge in [0.25, 0.3) is 0 Å². The molecule has 0 radical (unpaired) electrons. The summed E-state index contributed by atoms with van der Waals surface area (Å²) in [5.74, 6) is 0.735. The van der Waals surface area contributed by atoms with E-state index in [0.717, 1.165) is 5.75 Å². The lowest BCUT2D eigenvalue weighted by Crippen LogP contribution is -2.50. The fraction of sp³-hybridized carbons (Fsp3) is 0.571. The molecule has 0 aromatic heterocycles. The molecule has 0 unspecified atom stereocenters. The van der Waals surface area contributed by atoms with Crippen LogP contribution in [0, 0.1) is 0 Å². The number of hydrogen-bond donors (Lipinski definition) is 1. The Morgan fingerprint density at radius 2 is 1.81 bits per heavy atom. The van der Waals surface area contributed by atoms with Crippen LogP contribution in [0.2, 0.25) is 0 Å². The van der Waals surface area contributed by atoms with Crippen LogP contribution in [-0.2, 0) is 10.0 Å². The Labute approximate surface area is 126 Å². The average Bonchev–Trinajstić information content (AvgIpc) is 2.46. The smallest absolute Gasteiger partial charge is 0.211 e. The third-order valence-electron chi connectivity index (χ3n) is 3.45. The molecule has 1 fully saturated rings. The van der Waals surface area contributed by atoms with E-state index in [9.17, 15) is 13.5 Å². The van der Waals surface area contributed by atoms with Crippen LogP contribution >= 0.6 is 0 Å². The molecular weight excluding hydrogens is 292 g/mol. The number of nitrogens with zero attached hydrogens (tertiary/aromatic N) is 2. The van der Waals surface area contributed by atoms with Crippen LogP contribution in [0.1, 0.15) is 0 Å². The maximum absolute atomic E-state index is 11.4. The summed E-state index contributed by atoms with van der Waals surface area (Å²) < 4.78 is 29.8. The van der Waals surface area contributed by atoms with Gasteiger partial charge < -0.3 is 9.84 Å². The summed E-state index contributed by atoms with van der Waals surface area (Å²) in [7, 11) is -3.10. The first-order valence-corrected chi connectivity index (χ1v) is 8.83. The molecular formula is C14H22N2O4S. The van der Waals surface area contributed by atoms with Crippen molar-refractivity contribution in [3.8, 4) is 5.75 Å². The van der Waals surface area contributed by atoms with E-state index in [0.29, 0.717) is 32.7 Å². The second-order valence-electron chi connectivity index (χ2n) is 5.24. The molecule has 7 heteroatoms. The van der Waals surface area contributed by atoms with Crippen molar-refractivity contribution in [2.24, 2.45) is 0 Å². The van der Waals surface area contributed by atoms with Crippen LogP contribution in [0.25, 0.3) is 0 Å². The first-order chi connectivity index (χ1) is 9.95. The van der Waals surface area contributed by atoms with E-state index in [1.807, 2.05) is 30.3 Å². The van der Waals surface area contributed by atoms with Crippen LogP contribution in [0.4, 0.5) is 0 Å². The maximum Gasteiger partial charge on any atom is 0.211 e. The fourth-order valence-corrected chi connectivity index (χ4v) is 3.13. The minimum absolute atomic E-state index is 0.232. The first kappa shape index (κ1) is 16.2. The molecule has 0 amide bonds. The average molecular weight is 314 g/mol. The van der Waals surface area contributed by atoms with Gasteiger partial charge in [0.05, 0.1) is 6.26 Å². The molecule has 0 bridgehead atoms. The normalized spacial score (nSPS) is 19.3. The third kappa shape index (κ3) is 5.28. The summed E-state index contributed by atoms with van der Waals surface area (Å²) >= 11 is 0. The highest BCUT2D eigenvalue weighted by atomic mass is 32.2. The number of aliphatic hydroxyl groups is 1. The molecule has 0 saturated carbocycles. The third-order valence-corrected chi connectivity index (χ3v) is 4.76. The molecule has 1 heterocycles. The summed E-state index contributed by atoms with van der Waals surface area (Å²) in [5.41, 5.74) is 0. The van der Waals surface area contributed by atoms with E-state index < -0.39 is 16.1 Å². The van der Waals surface area contributed by atoms with Gasteiger partial charge in [-0.3, -0.25) is 4.90 Å². The van der Waals surface area contributed by atoms with Crippen molar-refractivity contribution in [2.45, 2.75) is 6.10 Å². The van der Waals surface area contributed by atoms with Crippen LogP contribution < -0.4 is 4.74 Å². The van der Waals surface area contributed by atoms with Crippen LogP contribution in [0.15, 0.2) is 30.3 Å². The Balaban J connectivity index is 1.71. The molecule has 1 aliphatic rings. The van der Waals surface area contributed by atoms with Crippen LogP contribution in [-0.4, -0.2) is 74.4 Å². The lowest BCUT2D eigenvalue weighted by molar-refractivity contribution is 0.0570. The number of piperazine rings is 1. The van der Waals surface area contributed by atoms with Gasteiger partial charge >= 0.3 is 0 Å². The lowest BCUT2D eigenvalue weighted by Gasteiger charge is -2.34. The molecule has 2 rings (SSSR count). The Hall–Kier alpha value is -1.15. The Bertz CT molecular complexity index is 527. The number of ether oxygens (including phenoxy) is 1. The molecule has 1 atom stereocenters. The van der Waals surface area contributed by atoms with Crippen LogP contribution in [0.3, 0.4) is 0 Å². The van der Waals surface area contributed by atoms with Crippen molar-refractivity contribution < 1.29 is 18.3 Å². The zero-order valence-electron chi connectivity index (χ0n) is 12.2. The lowest BCUT2D eigenvalue weighted by atomic mass is 10.3. The number of para-hydroxylation sites is 1. The summed E-state index contributed by atoms with van der Waals surface area (Å²) in [6, 6.07) is 9.36. The Morgan fingerprint density at radius 3 is 2.38 bits per heavy atom. The molecule has 21 heavy (non-hydrogen) atoms. The van der Waals surface area contributed by atoms with E-state index in [-0.39, 0.29) is 6.61 Å². The molecule has 0 spiro atoms. The standard InChI is InChI=1S/C14H22N2O4S/c1-21(18,19)16-9-7-15(8-10-16)11-13(17)12-20-14-5-3-2-4-6-14/h2-6,13,17H,7-12H2,1H3/t13-/m0/s1. The summed E-state index contributed by atoms with van der Waals surface area (Å²) in [6.07, 6.45) is 0.639. The van der Waals surface area contributed by atoms with Crippen LogP contribution in [0.5, 0.6) is 5.75 Å². The van der Waals surface area contributed by atoms with Gasteiger partial charge in [0.2, 0.25) is 10.0 Å². The van der Waals surface area contributed by atoms with Gasteiger partial charge in [-0.2, -0.15) is 4.31 Å². The molecule has 118 valence electrons. The number of sulfonamides is 1. The topological polar surface area (TPSA) is 70.1 Å². The van der Waals surface area contributed by atoms with Gasteiger partial charge in [0.15, 0.2) is 0 Å². The minimum atomic E-state index is -3.10. The fourth-order valence-electron chi connectivity index (χ4n) is 2.30. The molecule has 0 aliphatic carbocycles. The summed E-state index contributed by atoms with van der Waals surface area (Å²) in [6.45, 7) is 2.95. The SMILES string of the molecule is CS(=O)(=O)N1CCN(C[C@H](O)COc2ccccc2)CC1. The molecule has 1 aromatic rings. The second kappa shape index (κ2) is 7.22. The monoisotopic (exact) mass is 314 g/mol. The zero-order valence-corrected chi connectivity index (χ0v) is 13.0. The van der Waals surface area contributed by atoms with Crippen molar-refractivity contribution in [2.75, 3.05) is 45.6 Å². The molecule has 1 aliphatic heterocycles. The quantitative estimate of drug-likeness (QED) is 0.800. The number of hydrogen-bond acceptors (Lipinski definition) is 5. The van der Waals surface area contributed by atoms with Crippen molar-refractivity contribution in [1.82, 2.24) is 9.21 Å². The van der Waals surface area contributed by atoms with E-state index in [4.69, 9.17) is 4.74 Å². The van der Waals surface area contributed by atoms with Crippen molar-refractivity contribution in [3.63, 3.8) is 0 Å². The van der Waals surface area contributed by atoms with E-state index >= 15 is 0 Å². The van der Waals surface area contributed by atoms with Gasteiger partial charge in [-0.25, -0.2) is 8.42 Å². The van der Waals surface area contributed by atoms with Crippen molar-refractivity contribution in [1.29, 1.82) is 0 Å². The first-order valence-electron chi connectivity index (χ1n) is 6.98. The van der Waals surface area contributed by atoms with Gasteiger partial charge in [0.1, 0.15) is 18.5 Å². The highest BCUT2D eigenvalue weighted by Crippen LogP contribution is 2.10. The van der Waals surface area contributed by atoms with Gasteiger partial charge in [-0.1, -0.05) is 18.2 Å². The Morgan fingerprint density at radius 1 is 1.19 bits per heavy atom. The number of aliphatic hydroxyl groups excluding tert-OH is 1. The second-order valence-corrected chi connectivity index (χ2v) is 7.22. The number of β-amino-alcohol motifs (C(OH)–C–C–N with tert-alkyl or cyclic N) is 1. The zero-order chi connectivity index (χ0) is 15.3. The van der Waals surface area contributed by atoms with E-state index in [1.54, 1.807) is 0 Å². The highest BCUT2D eigenvalue weighted by Gasteiger charge is 2.24. The Kier molecular flexibility index (Phi) is 5.58.